The largest absolute Gasteiger partial charge is 0.507 e. The average Bonchev–Trinajstić information content (AvgIpc) is 2.41. The van der Waals surface area contributed by atoms with E-state index in [4.69, 9.17) is 11.6 Å². The number of carbonyl (C=O) groups is 1. The van der Waals surface area contributed by atoms with Gasteiger partial charge in [0.05, 0.1) is 5.56 Å². The molecular formula is C16H13ClO2. The number of aromatic hydroxyl groups is 1. The molecule has 2 aromatic rings. The second-order valence-corrected chi connectivity index (χ2v) is 4.71. The molecule has 0 amide bonds. The second kappa shape index (κ2) is 5.72. The zero-order chi connectivity index (χ0) is 13.8. The third-order valence-electron chi connectivity index (χ3n) is 2.82. The van der Waals surface area contributed by atoms with Gasteiger partial charge >= 0.3 is 0 Å². The normalized spacial score (nSPS) is 10.8. The molecule has 0 aliphatic heterocycles. The third kappa shape index (κ3) is 3.24. The predicted octanol–water partition coefficient (Wildman–Crippen LogP) is 4.34. The molecule has 0 aliphatic rings. The Balaban J connectivity index is 2.30. The van der Waals surface area contributed by atoms with Crippen LogP contribution in [0.4, 0.5) is 0 Å². The fourth-order valence-electron chi connectivity index (χ4n) is 1.79. The molecule has 0 bridgehead atoms. The summed E-state index contributed by atoms with van der Waals surface area (Å²) in [4.78, 5) is 10.8. The van der Waals surface area contributed by atoms with Crippen LogP contribution in [0.3, 0.4) is 0 Å². The Morgan fingerprint density at radius 3 is 2.32 bits per heavy atom. The molecule has 0 spiro atoms. The summed E-state index contributed by atoms with van der Waals surface area (Å²) >= 11 is 5.82. The Bertz CT molecular complexity index is 628. The van der Waals surface area contributed by atoms with E-state index in [9.17, 15) is 9.90 Å². The molecule has 3 heteroatoms. The number of benzene rings is 2. The highest BCUT2D eigenvalue weighted by Gasteiger charge is 2.04. The minimum atomic E-state index is 0.0404. The van der Waals surface area contributed by atoms with Crippen molar-refractivity contribution in [3.8, 4) is 5.75 Å². The smallest absolute Gasteiger partial charge is 0.153 e. The van der Waals surface area contributed by atoms with Gasteiger partial charge in [0.15, 0.2) is 6.29 Å². The monoisotopic (exact) mass is 272 g/mol. The van der Waals surface area contributed by atoms with E-state index >= 15 is 0 Å². The van der Waals surface area contributed by atoms with Crippen LogP contribution in [0.15, 0.2) is 36.4 Å². The number of rotatable bonds is 3. The van der Waals surface area contributed by atoms with E-state index in [1.807, 2.05) is 42.5 Å². The van der Waals surface area contributed by atoms with Crippen molar-refractivity contribution >= 4 is 30.0 Å². The van der Waals surface area contributed by atoms with Crippen LogP contribution < -0.4 is 0 Å². The number of hydrogen-bond donors (Lipinski definition) is 1. The summed E-state index contributed by atoms with van der Waals surface area (Å²) in [5, 5.41) is 10.4. The van der Waals surface area contributed by atoms with Gasteiger partial charge in [-0.05, 0) is 47.9 Å². The molecule has 0 aromatic heterocycles. The summed E-state index contributed by atoms with van der Waals surface area (Å²) in [6.07, 6.45) is 4.47. The van der Waals surface area contributed by atoms with Crippen LogP contribution in [0.25, 0.3) is 12.2 Å². The van der Waals surface area contributed by atoms with Crippen molar-refractivity contribution in [1.82, 2.24) is 0 Å². The Morgan fingerprint density at radius 1 is 1.05 bits per heavy atom. The van der Waals surface area contributed by atoms with Crippen molar-refractivity contribution in [3.05, 3.63) is 63.7 Å². The standard InChI is InChI=1S/C16H13ClO2/c1-11-8-13(9-14(10-18)16(11)19)3-2-12-4-6-15(17)7-5-12/h2-10,19H,1H3. The van der Waals surface area contributed by atoms with Gasteiger partial charge in [-0.25, -0.2) is 0 Å². The van der Waals surface area contributed by atoms with Gasteiger partial charge in [0.2, 0.25) is 0 Å². The van der Waals surface area contributed by atoms with Gasteiger partial charge in [0.1, 0.15) is 5.75 Å². The molecular weight excluding hydrogens is 260 g/mol. The molecule has 2 rings (SSSR count). The first-order valence-electron chi connectivity index (χ1n) is 5.82. The third-order valence-corrected chi connectivity index (χ3v) is 3.07. The quantitative estimate of drug-likeness (QED) is 0.667. The van der Waals surface area contributed by atoms with Gasteiger partial charge in [-0.1, -0.05) is 35.9 Å². The fraction of sp³-hybridized carbons (Fsp3) is 0.0625. The average molecular weight is 273 g/mol. The maximum Gasteiger partial charge on any atom is 0.153 e. The van der Waals surface area contributed by atoms with Gasteiger partial charge < -0.3 is 5.11 Å². The van der Waals surface area contributed by atoms with Gasteiger partial charge in [-0.3, -0.25) is 4.79 Å². The van der Waals surface area contributed by atoms with Crippen LogP contribution in [0.1, 0.15) is 27.0 Å². The first kappa shape index (κ1) is 13.4. The number of phenolic OH excluding ortho intramolecular Hbond substituents is 1. The maximum absolute atomic E-state index is 10.8. The van der Waals surface area contributed by atoms with Crippen LogP contribution in [-0.4, -0.2) is 11.4 Å². The molecule has 19 heavy (non-hydrogen) atoms. The lowest BCUT2D eigenvalue weighted by Gasteiger charge is -2.04. The minimum Gasteiger partial charge on any atom is -0.507 e. The highest BCUT2D eigenvalue weighted by atomic mass is 35.5. The van der Waals surface area contributed by atoms with Crippen molar-refractivity contribution in [1.29, 1.82) is 0 Å². The minimum absolute atomic E-state index is 0.0404. The summed E-state index contributed by atoms with van der Waals surface area (Å²) in [6.45, 7) is 1.77. The molecule has 0 saturated carbocycles. The topological polar surface area (TPSA) is 37.3 Å². The van der Waals surface area contributed by atoms with E-state index in [1.54, 1.807) is 13.0 Å². The maximum atomic E-state index is 10.8. The Labute approximate surface area is 117 Å². The molecule has 0 unspecified atom stereocenters. The lowest BCUT2D eigenvalue weighted by Crippen LogP contribution is -1.87. The molecule has 0 fully saturated rings. The number of carbonyl (C=O) groups excluding carboxylic acids is 1. The van der Waals surface area contributed by atoms with E-state index in [0.717, 1.165) is 11.1 Å². The SMILES string of the molecule is Cc1cc(C=Cc2ccc(Cl)cc2)cc(C=O)c1O. The van der Waals surface area contributed by atoms with Gasteiger partial charge in [0, 0.05) is 5.02 Å². The number of aryl methyl sites for hydroxylation is 1. The summed E-state index contributed by atoms with van der Waals surface area (Å²) in [5.74, 6) is 0.0404. The zero-order valence-electron chi connectivity index (χ0n) is 10.4. The first-order chi connectivity index (χ1) is 9.10. The summed E-state index contributed by atoms with van der Waals surface area (Å²) in [7, 11) is 0. The lowest BCUT2D eigenvalue weighted by molar-refractivity contribution is 0.112. The van der Waals surface area contributed by atoms with E-state index in [0.29, 0.717) is 22.4 Å². The summed E-state index contributed by atoms with van der Waals surface area (Å²) in [6, 6.07) is 10.9. The Morgan fingerprint density at radius 2 is 1.68 bits per heavy atom. The summed E-state index contributed by atoms with van der Waals surface area (Å²) in [5.41, 5.74) is 2.87. The van der Waals surface area contributed by atoms with E-state index in [2.05, 4.69) is 0 Å². The number of halogens is 1. The predicted molar refractivity (Wildman–Crippen MR) is 78.6 cm³/mol. The molecule has 0 radical (unpaired) electrons. The zero-order valence-corrected chi connectivity index (χ0v) is 11.2. The molecule has 0 atom stereocenters. The number of aldehydes is 1. The van der Waals surface area contributed by atoms with Gasteiger partial charge in [0.25, 0.3) is 0 Å². The number of hydrogen-bond acceptors (Lipinski definition) is 2. The van der Waals surface area contributed by atoms with Crippen LogP contribution in [0.2, 0.25) is 5.02 Å². The van der Waals surface area contributed by atoms with Gasteiger partial charge in [-0.2, -0.15) is 0 Å². The first-order valence-corrected chi connectivity index (χ1v) is 6.20. The molecule has 96 valence electrons. The van der Waals surface area contributed by atoms with Crippen LogP contribution in [-0.2, 0) is 0 Å². The molecule has 0 aliphatic carbocycles. The molecule has 2 nitrogen and oxygen atoms in total. The van der Waals surface area contributed by atoms with Crippen LogP contribution in [0.5, 0.6) is 5.75 Å². The summed E-state index contributed by atoms with van der Waals surface area (Å²) < 4.78 is 0. The molecule has 0 saturated heterocycles. The van der Waals surface area contributed by atoms with Crippen molar-refractivity contribution < 1.29 is 9.90 Å². The molecule has 2 aromatic carbocycles. The number of phenols is 1. The highest BCUT2D eigenvalue weighted by molar-refractivity contribution is 6.30. The fourth-order valence-corrected chi connectivity index (χ4v) is 1.91. The molecule has 0 heterocycles. The van der Waals surface area contributed by atoms with Crippen LogP contribution >= 0.6 is 11.6 Å². The van der Waals surface area contributed by atoms with Crippen molar-refractivity contribution in [2.45, 2.75) is 6.92 Å². The Kier molecular flexibility index (Phi) is 4.03. The van der Waals surface area contributed by atoms with E-state index in [-0.39, 0.29) is 5.75 Å². The van der Waals surface area contributed by atoms with Crippen molar-refractivity contribution in [2.24, 2.45) is 0 Å². The van der Waals surface area contributed by atoms with Crippen LogP contribution in [0, 0.1) is 6.92 Å². The highest BCUT2D eigenvalue weighted by Crippen LogP contribution is 2.23. The van der Waals surface area contributed by atoms with Gasteiger partial charge in [-0.15, -0.1) is 0 Å². The van der Waals surface area contributed by atoms with E-state index in [1.165, 1.54) is 0 Å². The molecule has 1 N–H and O–H groups in total. The Hall–Kier alpha value is -2.06. The lowest BCUT2D eigenvalue weighted by atomic mass is 10.0. The van der Waals surface area contributed by atoms with Crippen molar-refractivity contribution in [3.63, 3.8) is 0 Å². The van der Waals surface area contributed by atoms with Crippen molar-refractivity contribution in [2.75, 3.05) is 0 Å². The second-order valence-electron chi connectivity index (χ2n) is 4.28. The van der Waals surface area contributed by atoms with E-state index < -0.39 is 0 Å².